The summed E-state index contributed by atoms with van der Waals surface area (Å²) in [5, 5.41) is 0. The van der Waals surface area contributed by atoms with Crippen LogP contribution in [0, 0.1) is 5.92 Å². The number of carbonyl (C=O) groups excluding carboxylic acids is 3. The summed E-state index contributed by atoms with van der Waals surface area (Å²) < 4.78 is 15.6. The van der Waals surface area contributed by atoms with Gasteiger partial charge in [-0.25, -0.2) is 0 Å². The van der Waals surface area contributed by atoms with Gasteiger partial charge in [-0.1, -0.05) is 6.07 Å². The van der Waals surface area contributed by atoms with Gasteiger partial charge in [0.05, 0.1) is 13.0 Å². The molecule has 2 amide bonds. The van der Waals surface area contributed by atoms with E-state index in [0.29, 0.717) is 32.8 Å². The number of ether oxygens (including phenoxy) is 3. The fourth-order valence-corrected chi connectivity index (χ4v) is 3.99. The standard InChI is InChI=1S/C21H26N2O6/c1-2-27-20(25)6-5-19(24)22-7-9-23(10-8-22)21(26)16-12-15(16)14-3-4-17-18(11-14)29-13-28-17/h3-4,11,15-16H,2,5-10,12-13H2,1H3/t15?,16-/m1/s1. The molecule has 156 valence electrons. The van der Waals surface area contributed by atoms with Gasteiger partial charge in [-0.3, -0.25) is 14.4 Å². The second-order valence-electron chi connectivity index (χ2n) is 7.57. The molecule has 2 aliphatic heterocycles. The van der Waals surface area contributed by atoms with Crippen LogP contribution in [0.5, 0.6) is 11.5 Å². The number of esters is 1. The van der Waals surface area contributed by atoms with Crippen molar-refractivity contribution in [3.63, 3.8) is 0 Å². The van der Waals surface area contributed by atoms with Crippen LogP contribution in [0.25, 0.3) is 0 Å². The van der Waals surface area contributed by atoms with E-state index in [2.05, 4.69) is 0 Å². The van der Waals surface area contributed by atoms with Crippen molar-refractivity contribution in [3.8, 4) is 11.5 Å². The van der Waals surface area contributed by atoms with Gasteiger partial charge in [0.1, 0.15) is 0 Å². The predicted octanol–water partition coefficient (Wildman–Crippen LogP) is 1.53. The third-order valence-corrected chi connectivity index (χ3v) is 5.72. The van der Waals surface area contributed by atoms with E-state index >= 15 is 0 Å². The quantitative estimate of drug-likeness (QED) is 0.671. The molecule has 0 N–H and O–H groups in total. The molecule has 1 aliphatic carbocycles. The third kappa shape index (κ3) is 4.31. The predicted molar refractivity (Wildman–Crippen MR) is 102 cm³/mol. The molecule has 8 nitrogen and oxygen atoms in total. The Morgan fingerprint density at radius 1 is 1.03 bits per heavy atom. The Labute approximate surface area is 169 Å². The number of amides is 2. The van der Waals surface area contributed by atoms with Crippen molar-refractivity contribution in [1.29, 1.82) is 0 Å². The molecule has 2 heterocycles. The Morgan fingerprint density at radius 2 is 1.76 bits per heavy atom. The van der Waals surface area contributed by atoms with Crippen LogP contribution in [0.2, 0.25) is 0 Å². The summed E-state index contributed by atoms with van der Waals surface area (Å²) in [6.45, 7) is 4.40. The van der Waals surface area contributed by atoms with Gasteiger partial charge in [-0.2, -0.15) is 0 Å². The monoisotopic (exact) mass is 402 g/mol. The van der Waals surface area contributed by atoms with Gasteiger partial charge in [0, 0.05) is 38.5 Å². The Hall–Kier alpha value is -2.77. The smallest absolute Gasteiger partial charge is 0.306 e. The lowest BCUT2D eigenvalue weighted by atomic mass is 10.1. The van der Waals surface area contributed by atoms with Gasteiger partial charge in [-0.05, 0) is 37.0 Å². The summed E-state index contributed by atoms with van der Waals surface area (Å²) in [5.74, 6) is 1.47. The Bertz CT molecular complexity index is 802. The van der Waals surface area contributed by atoms with Gasteiger partial charge < -0.3 is 24.0 Å². The summed E-state index contributed by atoms with van der Waals surface area (Å²) in [4.78, 5) is 40.1. The normalized spacial score (nSPS) is 22.4. The molecule has 3 aliphatic rings. The lowest BCUT2D eigenvalue weighted by Crippen LogP contribution is -2.51. The van der Waals surface area contributed by atoms with Crippen molar-refractivity contribution >= 4 is 17.8 Å². The number of hydrogen-bond acceptors (Lipinski definition) is 6. The number of piperazine rings is 1. The molecule has 4 rings (SSSR count). The van der Waals surface area contributed by atoms with Crippen LogP contribution in [-0.4, -0.2) is 67.2 Å². The Kier molecular flexibility index (Phi) is 5.60. The van der Waals surface area contributed by atoms with E-state index in [1.165, 1.54) is 0 Å². The molecule has 2 fully saturated rings. The minimum Gasteiger partial charge on any atom is -0.466 e. The van der Waals surface area contributed by atoms with Crippen LogP contribution in [0.4, 0.5) is 0 Å². The molecule has 1 aromatic rings. The zero-order chi connectivity index (χ0) is 20.4. The van der Waals surface area contributed by atoms with Crippen LogP contribution in [0.1, 0.15) is 37.7 Å². The maximum atomic E-state index is 12.8. The minimum atomic E-state index is -0.349. The van der Waals surface area contributed by atoms with Gasteiger partial charge in [0.2, 0.25) is 18.6 Å². The SMILES string of the molecule is CCOC(=O)CCC(=O)N1CCN(C(=O)[C@@H]2CC2c2ccc3c(c2)OCO3)CC1. The van der Waals surface area contributed by atoms with Crippen LogP contribution >= 0.6 is 0 Å². The van der Waals surface area contributed by atoms with E-state index in [9.17, 15) is 14.4 Å². The van der Waals surface area contributed by atoms with E-state index in [-0.39, 0.29) is 49.3 Å². The van der Waals surface area contributed by atoms with Crippen LogP contribution < -0.4 is 9.47 Å². The van der Waals surface area contributed by atoms with Crippen molar-refractivity contribution in [2.45, 2.75) is 32.1 Å². The van der Waals surface area contributed by atoms with Crippen molar-refractivity contribution in [3.05, 3.63) is 23.8 Å². The third-order valence-electron chi connectivity index (χ3n) is 5.72. The van der Waals surface area contributed by atoms with Crippen molar-refractivity contribution in [2.75, 3.05) is 39.6 Å². The Balaban J connectivity index is 1.24. The van der Waals surface area contributed by atoms with Gasteiger partial charge in [-0.15, -0.1) is 0 Å². The highest BCUT2D eigenvalue weighted by Crippen LogP contribution is 2.50. The first-order valence-corrected chi connectivity index (χ1v) is 10.2. The second kappa shape index (κ2) is 8.31. The molecule has 1 unspecified atom stereocenters. The number of carbonyl (C=O) groups is 3. The summed E-state index contributed by atoms with van der Waals surface area (Å²) in [5.41, 5.74) is 1.11. The van der Waals surface area contributed by atoms with Crippen molar-refractivity contribution in [1.82, 2.24) is 9.80 Å². The molecule has 0 radical (unpaired) electrons. The average Bonchev–Trinajstić information content (AvgIpc) is 3.40. The summed E-state index contributed by atoms with van der Waals surface area (Å²) in [6, 6.07) is 5.88. The maximum absolute atomic E-state index is 12.8. The molecule has 8 heteroatoms. The number of rotatable bonds is 6. The first-order valence-electron chi connectivity index (χ1n) is 10.2. The first kappa shape index (κ1) is 19.5. The molecule has 2 atom stereocenters. The summed E-state index contributed by atoms with van der Waals surface area (Å²) in [7, 11) is 0. The van der Waals surface area contributed by atoms with Crippen molar-refractivity contribution < 1.29 is 28.6 Å². The zero-order valence-corrected chi connectivity index (χ0v) is 16.6. The molecule has 1 saturated carbocycles. The van der Waals surface area contributed by atoms with Crippen LogP contribution in [0.15, 0.2) is 18.2 Å². The molecule has 1 aromatic carbocycles. The van der Waals surface area contributed by atoms with Gasteiger partial charge in [0.15, 0.2) is 11.5 Å². The zero-order valence-electron chi connectivity index (χ0n) is 16.6. The Morgan fingerprint density at radius 3 is 2.52 bits per heavy atom. The van der Waals surface area contributed by atoms with E-state index in [4.69, 9.17) is 14.2 Å². The first-order chi connectivity index (χ1) is 14.1. The largest absolute Gasteiger partial charge is 0.466 e. The van der Waals surface area contributed by atoms with Gasteiger partial charge >= 0.3 is 5.97 Å². The lowest BCUT2D eigenvalue weighted by Gasteiger charge is -2.35. The summed E-state index contributed by atoms with van der Waals surface area (Å²) >= 11 is 0. The number of hydrogen-bond donors (Lipinski definition) is 0. The summed E-state index contributed by atoms with van der Waals surface area (Å²) in [6.07, 6.45) is 1.10. The molecule has 29 heavy (non-hydrogen) atoms. The van der Waals surface area contributed by atoms with E-state index in [1.807, 2.05) is 23.1 Å². The average molecular weight is 402 g/mol. The van der Waals surface area contributed by atoms with E-state index in [0.717, 1.165) is 23.5 Å². The highest BCUT2D eigenvalue weighted by molar-refractivity contribution is 5.84. The molecule has 0 bridgehead atoms. The fourth-order valence-electron chi connectivity index (χ4n) is 3.99. The van der Waals surface area contributed by atoms with E-state index in [1.54, 1.807) is 11.8 Å². The van der Waals surface area contributed by atoms with Crippen LogP contribution in [-0.2, 0) is 19.1 Å². The molecular weight excluding hydrogens is 376 g/mol. The van der Waals surface area contributed by atoms with Gasteiger partial charge in [0.25, 0.3) is 0 Å². The van der Waals surface area contributed by atoms with E-state index < -0.39 is 0 Å². The maximum Gasteiger partial charge on any atom is 0.306 e. The van der Waals surface area contributed by atoms with Crippen LogP contribution in [0.3, 0.4) is 0 Å². The highest BCUT2D eigenvalue weighted by Gasteiger charge is 2.46. The lowest BCUT2D eigenvalue weighted by molar-refractivity contribution is -0.146. The number of fused-ring (bicyclic) bond motifs is 1. The minimum absolute atomic E-state index is 0.00133. The molecular formula is C21H26N2O6. The number of benzene rings is 1. The topological polar surface area (TPSA) is 85.4 Å². The highest BCUT2D eigenvalue weighted by atomic mass is 16.7. The fraction of sp³-hybridized carbons (Fsp3) is 0.571. The molecule has 0 spiro atoms. The second-order valence-corrected chi connectivity index (χ2v) is 7.57. The molecule has 0 aromatic heterocycles. The van der Waals surface area contributed by atoms with Crippen molar-refractivity contribution in [2.24, 2.45) is 5.92 Å². The number of nitrogens with zero attached hydrogens (tertiary/aromatic N) is 2. The molecule has 1 saturated heterocycles.